The second-order valence-electron chi connectivity index (χ2n) is 5.48. The fourth-order valence-corrected chi connectivity index (χ4v) is 2.28. The summed E-state index contributed by atoms with van der Waals surface area (Å²) in [7, 11) is 0. The van der Waals surface area contributed by atoms with E-state index in [4.69, 9.17) is 4.74 Å². The van der Waals surface area contributed by atoms with Gasteiger partial charge in [-0.3, -0.25) is 10.1 Å². The zero-order chi connectivity index (χ0) is 14.5. The molecule has 20 heavy (non-hydrogen) atoms. The number of carbonyl (C=O) groups excluding carboxylic acids is 1. The second-order valence-corrected chi connectivity index (χ2v) is 5.48. The van der Waals surface area contributed by atoms with Gasteiger partial charge in [-0.15, -0.1) is 0 Å². The van der Waals surface area contributed by atoms with Crippen LogP contribution in [-0.4, -0.2) is 41.2 Å². The van der Waals surface area contributed by atoms with E-state index in [0.29, 0.717) is 32.1 Å². The lowest BCUT2D eigenvalue weighted by Crippen LogP contribution is -2.52. The Hall–Kier alpha value is -1.40. The molecule has 1 aromatic rings. The van der Waals surface area contributed by atoms with Crippen molar-refractivity contribution in [2.45, 2.75) is 45.8 Å². The van der Waals surface area contributed by atoms with Crippen LogP contribution < -0.4 is 10.6 Å². The molecule has 1 amide bonds. The molecule has 1 aliphatic rings. The van der Waals surface area contributed by atoms with Gasteiger partial charge in [0.1, 0.15) is 0 Å². The first-order valence-corrected chi connectivity index (χ1v) is 7.24. The minimum atomic E-state index is -0.214. The average molecular weight is 280 g/mol. The van der Waals surface area contributed by atoms with Crippen LogP contribution in [-0.2, 0) is 22.5 Å². The van der Waals surface area contributed by atoms with Gasteiger partial charge in [0.25, 0.3) is 0 Å². The molecule has 1 aliphatic heterocycles. The molecule has 0 saturated carbocycles. The van der Waals surface area contributed by atoms with Gasteiger partial charge in [-0.1, -0.05) is 13.8 Å². The Balaban J connectivity index is 1.91. The highest BCUT2D eigenvalue weighted by Crippen LogP contribution is 2.13. The number of nitrogens with one attached hydrogen (secondary N) is 3. The number of aromatic amines is 1. The van der Waals surface area contributed by atoms with Crippen LogP contribution in [0.15, 0.2) is 6.33 Å². The number of ether oxygens (including phenoxy) is 1. The van der Waals surface area contributed by atoms with Gasteiger partial charge in [0.05, 0.1) is 36.4 Å². The molecule has 0 spiro atoms. The van der Waals surface area contributed by atoms with Crippen LogP contribution in [0.3, 0.4) is 0 Å². The summed E-state index contributed by atoms with van der Waals surface area (Å²) in [5.41, 5.74) is 2.05. The zero-order valence-corrected chi connectivity index (χ0v) is 12.4. The molecule has 0 aliphatic carbocycles. The molecule has 6 heteroatoms. The Morgan fingerprint density at radius 1 is 1.60 bits per heavy atom. The Morgan fingerprint density at radius 3 is 3.10 bits per heavy atom. The maximum atomic E-state index is 12.3. The molecule has 0 bridgehead atoms. The molecule has 2 atom stereocenters. The summed E-state index contributed by atoms with van der Waals surface area (Å²) in [6.07, 6.45) is 2.31. The summed E-state index contributed by atoms with van der Waals surface area (Å²) in [5, 5.41) is 6.32. The van der Waals surface area contributed by atoms with Crippen molar-refractivity contribution < 1.29 is 9.53 Å². The van der Waals surface area contributed by atoms with Crippen LogP contribution in [0.25, 0.3) is 0 Å². The number of hydrogen-bond acceptors (Lipinski definition) is 4. The summed E-state index contributed by atoms with van der Waals surface area (Å²) in [6.45, 7) is 8.01. The third kappa shape index (κ3) is 3.58. The van der Waals surface area contributed by atoms with Crippen molar-refractivity contribution in [2.75, 3.05) is 13.2 Å². The number of imidazole rings is 1. The minimum Gasteiger partial charge on any atom is -0.380 e. The summed E-state index contributed by atoms with van der Waals surface area (Å²) in [6, 6.07) is -0.168. The van der Waals surface area contributed by atoms with E-state index in [0.717, 1.165) is 11.4 Å². The van der Waals surface area contributed by atoms with Gasteiger partial charge in [0, 0.05) is 19.6 Å². The van der Waals surface area contributed by atoms with E-state index in [1.807, 2.05) is 6.92 Å². The summed E-state index contributed by atoms with van der Waals surface area (Å²) >= 11 is 0. The third-order valence-corrected chi connectivity index (χ3v) is 3.68. The largest absolute Gasteiger partial charge is 0.380 e. The molecule has 2 unspecified atom stereocenters. The van der Waals surface area contributed by atoms with Crippen LogP contribution >= 0.6 is 0 Å². The second kappa shape index (κ2) is 6.85. The monoisotopic (exact) mass is 280 g/mol. The molecular formula is C14H24N4O2. The van der Waals surface area contributed by atoms with Crippen molar-refractivity contribution in [2.24, 2.45) is 5.92 Å². The lowest BCUT2D eigenvalue weighted by atomic mass is 10.0. The third-order valence-electron chi connectivity index (χ3n) is 3.68. The summed E-state index contributed by atoms with van der Waals surface area (Å²) in [5.74, 6) is 0.368. The van der Waals surface area contributed by atoms with Gasteiger partial charge < -0.3 is 15.0 Å². The van der Waals surface area contributed by atoms with E-state index in [2.05, 4.69) is 34.4 Å². The quantitative estimate of drug-likeness (QED) is 0.713. The SMILES string of the molecule is CCOCC(NC(=O)C1Cc2nc[nH]c2CN1)C(C)C. The van der Waals surface area contributed by atoms with Crippen molar-refractivity contribution in [3.63, 3.8) is 0 Å². The maximum absolute atomic E-state index is 12.3. The minimum absolute atomic E-state index is 0.0250. The molecular weight excluding hydrogens is 256 g/mol. The Bertz CT molecular complexity index is 444. The van der Waals surface area contributed by atoms with E-state index in [1.54, 1.807) is 6.33 Å². The molecule has 0 aromatic carbocycles. The van der Waals surface area contributed by atoms with Crippen LogP contribution in [0.5, 0.6) is 0 Å². The highest BCUT2D eigenvalue weighted by molar-refractivity contribution is 5.82. The van der Waals surface area contributed by atoms with Crippen LogP contribution in [0, 0.1) is 5.92 Å². The van der Waals surface area contributed by atoms with E-state index >= 15 is 0 Å². The molecule has 112 valence electrons. The van der Waals surface area contributed by atoms with Gasteiger partial charge in [0.15, 0.2) is 0 Å². The topological polar surface area (TPSA) is 79.0 Å². The molecule has 0 fully saturated rings. The normalized spacial score (nSPS) is 19.7. The van der Waals surface area contributed by atoms with Crippen molar-refractivity contribution in [1.29, 1.82) is 0 Å². The van der Waals surface area contributed by atoms with Crippen molar-refractivity contribution in [1.82, 2.24) is 20.6 Å². The predicted octanol–water partition coefficient (Wildman–Crippen LogP) is 0.601. The first-order valence-electron chi connectivity index (χ1n) is 7.24. The van der Waals surface area contributed by atoms with Crippen molar-refractivity contribution in [3.05, 3.63) is 17.7 Å². The van der Waals surface area contributed by atoms with Gasteiger partial charge in [-0.05, 0) is 12.8 Å². The first kappa shape index (κ1) is 15.0. The Kier molecular flexibility index (Phi) is 5.14. The number of fused-ring (bicyclic) bond motifs is 1. The van der Waals surface area contributed by atoms with E-state index in [1.165, 1.54) is 0 Å². The van der Waals surface area contributed by atoms with E-state index in [9.17, 15) is 4.79 Å². The number of carbonyl (C=O) groups is 1. The fourth-order valence-electron chi connectivity index (χ4n) is 2.28. The maximum Gasteiger partial charge on any atom is 0.237 e. The molecule has 0 radical (unpaired) electrons. The lowest BCUT2D eigenvalue weighted by Gasteiger charge is -2.27. The van der Waals surface area contributed by atoms with Gasteiger partial charge in [-0.25, -0.2) is 4.98 Å². The van der Waals surface area contributed by atoms with Crippen LogP contribution in [0.2, 0.25) is 0 Å². The summed E-state index contributed by atoms with van der Waals surface area (Å²) < 4.78 is 5.44. The predicted molar refractivity (Wildman–Crippen MR) is 76.2 cm³/mol. The van der Waals surface area contributed by atoms with Crippen molar-refractivity contribution in [3.8, 4) is 0 Å². The number of amides is 1. The number of H-pyrrole nitrogens is 1. The zero-order valence-electron chi connectivity index (χ0n) is 12.4. The number of hydrogen-bond donors (Lipinski definition) is 3. The van der Waals surface area contributed by atoms with Crippen LogP contribution in [0.1, 0.15) is 32.2 Å². The highest BCUT2D eigenvalue weighted by Gasteiger charge is 2.27. The smallest absolute Gasteiger partial charge is 0.237 e. The Labute approximate surface area is 119 Å². The molecule has 2 rings (SSSR count). The van der Waals surface area contributed by atoms with Gasteiger partial charge >= 0.3 is 0 Å². The molecule has 6 nitrogen and oxygen atoms in total. The fraction of sp³-hybridized carbons (Fsp3) is 0.714. The first-order chi connectivity index (χ1) is 9.61. The van der Waals surface area contributed by atoms with Crippen molar-refractivity contribution >= 4 is 5.91 Å². The average Bonchev–Trinajstić information content (AvgIpc) is 2.90. The van der Waals surface area contributed by atoms with E-state index in [-0.39, 0.29) is 18.0 Å². The van der Waals surface area contributed by atoms with Gasteiger partial charge in [-0.2, -0.15) is 0 Å². The number of nitrogens with zero attached hydrogens (tertiary/aromatic N) is 1. The number of aromatic nitrogens is 2. The van der Waals surface area contributed by atoms with E-state index < -0.39 is 0 Å². The molecule has 1 aromatic heterocycles. The highest BCUT2D eigenvalue weighted by atomic mass is 16.5. The van der Waals surface area contributed by atoms with Crippen LogP contribution in [0.4, 0.5) is 0 Å². The molecule has 0 saturated heterocycles. The summed E-state index contributed by atoms with van der Waals surface area (Å²) in [4.78, 5) is 19.7. The Morgan fingerprint density at radius 2 is 2.40 bits per heavy atom. The molecule has 3 N–H and O–H groups in total. The molecule has 2 heterocycles. The van der Waals surface area contributed by atoms with Gasteiger partial charge in [0.2, 0.25) is 5.91 Å². The number of rotatable bonds is 6. The lowest BCUT2D eigenvalue weighted by molar-refractivity contribution is -0.124. The standard InChI is InChI=1S/C14H24N4O2/c1-4-20-7-13(9(2)3)18-14(19)11-5-10-12(6-15-11)17-8-16-10/h8-9,11,13,15H,4-7H2,1-3H3,(H,16,17)(H,18,19).